The van der Waals surface area contributed by atoms with Gasteiger partial charge in [-0.2, -0.15) is 0 Å². The molecule has 0 radical (unpaired) electrons. The number of rotatable bonds is 6. The van der Waals surface area contributed by atoms with Crippen LogP contribution in [0.5, 0.6) is 0 Å². The number of allylic oxidation sites excluding steroid dienone is 2. The molecule has 3 unspecified atom stereocenters. The Kier molecular flexibility index (Phi) is 6.25. The van der Waals surface area contributed by atoms with Gasteiger partial charge in [-0.3, -0.25) is 0 Å². The summed E-state index contributed by atoms with van der Waals surface area (Å²) >= 11 is 0. The summed E-state index contributed by atoms with van der Waals surface area (Å²) in [5.41, 5.74) is 1.60. The first-order valence-corrected chi connectivity index (χ1v) is 9.10. The molecule has 0 spiro atoms. The van der Waals surface area contributed by atoms with E-state index in [-0.39, 0.29) is 12.3 Å². The summed E-state index contributed by atoms with van der Waals surface area (Å²) in [7, 11) is 0. The van der Waals surface area contributed by atoms with Gasteiger partial charge in [-0.25, -0.2) is 8.78 Å². The van der Waals surface area contributed by atoms with E-state index in [4.69, 9.17) is 0 Å². The van der Waals surface area contributed by atoms with Crippen LogP contribution in [-0.4, -0.2) is 5.92 Å². The van der Waals surface area contributed by atoms with E-state index in [9.17, 15) is 8.78 Å². The van der Waals surface area contributed by atoms with Gasteiger partial charge in [-0.05, 0) is 56.8 Å². The minimum absolute atomic E-state index is 0.00788. The second-order valence-electron chi connectivity index (χ2n) is 7.29. The third kappa shape index (κ3) is 4.79. The molecule has 0 nitrogen and oxygen atoms in total. The lowest BCUT2D eigenvalue weighted by atomic mass is 9.75. The Morgan fingerprint density at radius 2 is 1.95 bits per heavy atom. The molecule has 0 aromatic carbocycles. The molecule has 2 rings (SSSR count). The summed E-state index contributed by atoms with van der Waals surface area (Å²) in [6.07, 6.45) is 13.5. The third-order valence-corrected chi connectivity index (χ3v) is 5.92. The topological polar surface area (TPSA) is 0 Å². The van der Waals surface area contributed by atoms with Crippen LogP contribution in [0.25, 0.3) is 0 Å². The lowest BCUT2D eigenvalue weighted by Gasteiger charge is -2.34. The van der Waals surface area contributed by atoms with Crippen LogP contribution < -0.4 is 0 Å². The van der Waals surface area contributed by atoms with E-state index < -0.39 is 5.92 Å². The van der Waals surface area contributed by atoms with Crippen molar-refractivity contribution in [2.75, 3.05) is 0 Å². The monoisotopic (exact) mass is 298 g/mol. The molecule has 1 fully saturated rings. The van der Waals surface area contributed by atoms with Crippen molar-refractivity contribution in [3.05, 3.63) is 11.6 Å². The Morgan fingerprint density at radius 1 is 1.14 bits per heavy atom. The van der Waals surface area contributed by atoms with Gasteiger partial charge in [0.2, 0.25) is 0 Å². The summed E-state index contributed by atoms with van der Waals surface area (Å²) in [5.74, 6) is -1.37. The molecule has 0 aliphatic heterocycles. The smallest absolute Gasteiger partial charge is 0.207 e. The van der Waals surface area contributed by atoms with E-state index in [1.807, 2.05) is 0 Å². The maximum Gasteiger partial charge on any atom is 0.250 e. The molecule has 0 aromatic heterocycles. The van der Waals surface area contributed by atoms with Crippen LogP contribution in [0.3, 0.4) is 0 Å². The fraction of sp³-hybridized carbons (Fsp3) is 0.895. The first-order chi connectivity index (χ1) is 10.0. The minimum Gasteiger partial charge on any atom is -0.207 e. The van der Waals surface area contributed by atoms with Crippen LogP contribution in [0.1, 0.15) is 84.5 Å². The van der Waals surface area contributed by atoms with Gasteiger partial charge in [0.15, 0.2) is 0 Å². The lowest BCUT2D eigenvalue weighted by molar-refractivity contribution is -0.0809. The third-order valence-electron chi connectivity index (χ3n) is 5.92. The van der Waals surface area contributed by atoms with Crippen LogP contribution in [0.2, 0.25) is 0 Å². The highest BCUT2D eigenvalue weighted by atomic mass is 19.3. The SMILES string of the molecule is CCC1CC=C(CCC2CCCC(C(F)(F)CC)C2)CC1. The molecule has 0 aromatic rings. The van der Waals surface area contributed by atoms with Gasteiger partial charge < -0.3 is 0 Å². The minimum atomic E-state index is -2.43. The normalized spacial score (nSPS) is 31.0. The highest BCUT2D eigenvalue weighted by Crippen LogP contribution is 2.42. The second-order valence-corrected chi connectivity index (χ2v) is 7.29. The largest absolute Gasteiger partial charge is 0.250 e. The van der Waals surface area contributed by atoms with Crippen molar-refractivity contribution in [2.24, 2.45) is 17.8 Å². The molecule has 0 N–H and O–H groups in total. The highest BCUT2D eigenvalue weighted by Gasteiger charge is 2.40. The Balaban J connectivity index is 1.77. The van der Waals surface area contributed by atoms with Gasteiger partial charge in [0.25, 0.3) is 5.92 Å². The standard InChI is InChI=1S/C19H32F2/c1-3-15-8-10-16(11-9-15)12-13-17-6-5-7-18(14-17)19(20,21)4-2/h10,15,17-18H,3-9,11-14H2,1-2H3. The van der Waals surface area contributed by atoms with Crippen molar-refractivity contribution in [3.63, 3.8) is 0 Å². The molecule has 2 aliphatic carbocycles. The zero-order valence-corrected chi connectivity index (χ0v) is 13.8. The van der Waals surface area contributed by atoms with Gasteiger partial charge in [0, 0.05) is 12.3 Å². The molecular formula is C19H32F2. The van der Waals surface area contributed by atoms with Crippen molar-refractivity contribution >= 4 is 0 Å². The molecule has 0 amide bonds. The average Bonchev–Trinajstić information content (AvgIpc) is 2.53. The predicted octanol–water partition coefficient (Wildman–Crippen LogP) is 6.75. The number of hydrogen-bond acceptors (Lipinski definition) is 0. The molecule has 2 aliphatic rings. The maximum atomic E-state index is 13.9. The summed E-state index contributed by atoms with van der Waals surface area (Å²) in [6.45, 7) is 3.90. The molecule has 2 heteroatoms. The maximum absolute atomic E-state index is 13.9. The quantitative estimate of drug-likeness (QED) is 0.475. The summed E-state index contributed by atoms with van der Waals surface area (Å²) < 4.78 is 27.8. The van der Waals surface area contributed by atoms with Gasteiger partial charge >= 0.3 is 0 Å². The lowest BCUT2D eigenvalue weighted by Crippen LogP contribution is -2.32. The van der Waals surface area contributed by atoms with E-state index in [2.05, 4.69) is 13.0 Å². The Bertz CT molecular complexity index is 345. The van der Waals surface area contributed by atoms with Crippen LogP contribution in [-0.2, 0) is 0 Å². The van der Waals surface area contributed by atoms with Crippen LogP contribution in [0.15, 0.2) is 11.6 Å². The van der Waals surface area contributed by atoms with Crippen molar-refractivity contribution < 1.29 is 8.78 Å². The van der Waals surface area contributed by atoms with Crippen LogP contribution >= 0.6 is 0 Å². The summed E-state index contributed by atoms with van der Waals surface area (Å²) in [6, 6.07) is 0. The van der Waals surface area contributed by atoms with Gasteiger partial charge in [-0.1, -0.05) is 44.8 Å². The zero-order chi connectivity index (χ0) is 15.3. The van der Waals surface area contributed by atoms with E-state index in [1.54, 1.807) is 12.5 Å². The summed E-state index contributed by atoms with van der Waals surface area (Å²) in [4.78, 5) is 0. The molecular weight excluding hydrogens is 266 g/mol. The van der Waals surface area contributed by atoms with E-state index >= 15 is 0 Å². The van der Waals surface area contributed by atoms with Crippen LogP contribution in [0.4, 0.5) is 8.78 Å². The van der Waals surface area contributed by atoms with E-state index in [0.29, 0.717) is 5.92 Å². The van der Waals surface area contributed by atoms with Crippen LogP contribution in [0, 0.1) is 17.8 Å². The van der Waals surface area contributed by atoms with E-state index in [0.717, 1.165) is 38.0 Å². The zero-order valence-electron chi connectivity index (χ0n) is 13.8. The molecule has 1 saturated carbocycles. The van der Waals surface area contributed by atoms with Crippen molar-refractivity contribution in [2.45, 2.75) is 90.4 Å². The second kappa shape index (κ2) is 7.74. The highest BCUT2D eigenvalue weighted by molar-refractivity contribution is 5.06. The van der Waals surface area contributed by atoms with Crippen molar-refractivity contribution in [1.29, 1.82) is 0 Å². The van der Waals surface area contributed by atoms with E-state index in [1.165, 1.54) is 32.1 Å². The van der Waals surface area contributed by atoms with Gasteiger partial charge in [-0.15, -0.1) is 0 Å². The molecule has 0 bridgehead atoms. The number of alkyl halides is 2. The van der Waals surface area contributed by atoms with Crippen molar-refractivity contribution in [1.82, 2.24) is 0 Å². The molecule has 122 valence electrons. The number of hydrogen-bond donors (Lipinski definition) is 0. The first kappa shape index (κ1) is 17.0. The Hall–Kier alpha value is -0.400. The fourth-order valence-corrected chi connectivity index (χ4v) is 4.16. The fourth-order valence-electron chi connectivity index (χ4n) is 4.16. The summed E-state index contributed by atoms with van der Waals surface area (Å²) in [5, 5.41) is 0. The molecule has 3 atom stereocenters. The van der Waals surface area contributed by atoms with Gasteiger partial charge in [0.05, 0.1) is 0 Å². The van der Waals surface area contributed by atoms with Gasteiger partial charge in [0.1, 0.15) is 0 Å². The average molecular weight is 298 g/mol. The Morgan fingerprint density at radius 3 is 2.57 bits per heavy atom. The molecule has 0 saturated heterocycles. The number of halogens is 2. The van der Waals surface area contributed by atoms with Crippen molar-refractivity contribution in [3.8, 4) is 0 Å². The molecule has 21 heavy (non-hydrogen) atoms. The first-order valence-electron chi connectivity index (χ1n) is 9.10. The Labute approximate surface area is 129 Å². The molecule has 0 heterocycles. The predicted molar refractivity (Wildman–Crippen MR) is 85.6 cm³/mol.